The maximum atomic E-state index is 11.7. The summed E-state index contributed by atoms with van der Waals surface area (Å²) in [6.07, 6.45) is 0. The molecule has 0 saturated carbocycles. The molecule has 0 spiro atoms. The van der Waals surface area contributed by atoms with Crippen molar-refractivity contribution in [1.29, 1.82) is 0 Å². The van der Waals surface area contributed by atoms with Crippen molar-refractivity contribution >= 4 is 21.2 Å². The van der Waals surface area contributed by atoms with E-state index in [1.807, 2.05) is 18.2 Å². The summed E-state index contributed by atoms with van der Waals surface area (Å²) in [5.74, 6) is 1.27. The van der Waals surface area contributed by atoms with E-state index in [4.69, 9.17) is 0 Å². The number of hydrogen-bond donors (Lipinski definition) is 2. The molecule has 0 atom stereocenters. The quantitative estimate of drug-likeness (QED) is 0.879. The number of fused-ring (bicyclic) bond motifs is 1. The van der Waals surface area contributed by atoms with Gasteiger partial charge in [0.2, 0.25) is 0 Å². The third kappa shape index (κ3) is 3.17. The summed E-state index contributed by atoms with van der Waals surface area (Å²) in [7, 11) is -0.410. The van der Waals surface area contributed by atoms with E-state index in [9.17, 15) is 8.42 Å². The Kier molecular flexibility index (Phi) is 4.12. The molecule has 20 heavy (non-hydrogen) atoms. The number of hydrogen-bond acceptors (Lipinski definition) is 3. The molecule has 0 unspecified atom stereocenters. The van der Waals surface area contributed by atoms with Crippen LogP contribution in [0.2, 0.25) is 0 Å². The van der Waals surface area contributed by atoms with Gasteiger partial charge < -0.3 is 4.98 Å². The van der Waals surface area contributed by atoms with Crippen LogP contribution in [-0.2, 0) is 16.8 Å². The lowest BCUT2D eigenvalue weighted by atomic mass is 10.2. The van der Waals surface area contributed by atoms with Crippen LogP contribution in [0, 0.1) is 0 Å². The topological polar surface area (TPSA) is 78.1 Å². The molecule has 1 heterocycles. The summed E-state index contributed by atoms with van der Waals surface area (Å²) >= 11 is 0. The molecule has 0 saturated heterocycles. The summed E-state index contributed by atoms with van der Waals surface area (Å²) in [6.45, 7) is 4.40. The van der Waals surface area contributed by atoms with Crippen molar-refractivity contribution < 1.29 is 8.42 Å². The Morgan fingerprint density at radius 2 is 2.05 bits per heavy atom. The van der Waals surface area contributed by atoms with Crippen LogP contribution in [0.1, 0.15) is 31.2 Å². The SMILES string of the molecule is CC(C)c1nc2ccc(CNS(=O)(=O)N(C)C)cc2[nH]1. The summed E-state index contributed by atoms with van der Waals surface area (Å²) in [4.78, 5) is 7.74. The van der Waals surface area contributed by atoms with Crippen molar-refractivity contribution in [1.82, 2.24) is 19.0 Å². The lowest BCUT2D eigenvalue weighted by Crippen LogP contribution is -2.35. The molecule has 2 rings (SSSR count). The van der Waals surface area contributed by atoms with E-state index in [0.29, 0.717) is 5.92 Å². The van der Waals surface area contributed by atoms with Gasteiger partial charge in [-0.1, -0.05) is 19.9 Å². The highest BCUT2D eigenvalue weighted by Crippen LogP contribution is 2.18. The van der Waals surface area contributed by atoms with E-state index >= 15 is 0 Å². The molecule has 1 aromatic carbocycles. The van der Waals surface area contributed by atoms with E-state index in [1.165, 1.54) is 14.1 Å². The van der Waals surface area contributed by atoms with E-state index in [2.05, 4.69) is 28.5 Å². The van der Waals surface area contributed by atoms with Gasteiger partial charge in [-0.2, -0.15) is 17.4 Å². The first-order chi connectivity index (χ1) is 9.29. The Labute approximate surface area is 119 Å². The summed E-state index contributed by atoms with van der Waals surface area (Å²) in [5, 5.41) is 0. The van der Waals surface area contributed by atoms with Gasteiger partial charge >= 0.3 is 0 Å². The fraction of sp³-hybridized carbons (Fsp3) is 0.462. The summed E-state index contributed by atoms with van der Waals surface area (Å²) < 4.78 is 27.0. The predicted octanol–water partition coefficient (Wildman–Crippen LogP) is 1.58. The fourth-order valence-corrected chi connectivity index (χ4v) is 2.37. The van der Waals surface area contributed by atoms with Crippen molar-refractivity contribution in [3.05, 3.63) is 29.6 Å². The average Bonchev–Trinajstić information content (AvgIpc) is 2.79. The van der Waals surface area contributed by atoms with E-state index in [0.717, 1.165) is 26.7 Å². The van der Waals surface area contributed by atoms with E-state index < -0.39 is 10.2 Å². The molecule has 0 bridgehead atoms. The molecule has 110 valence electrons. The predicted molar refractivity (Wildman–Crippen MR) is 79.6 cm³/mol. The minimum absolute atomic E-state index is 0.256. The van der Waals surface area contributed by atoms with Gasteiger partial charge in [0.15, 0.2) is 0 Å². The lowest BCUT2D eigenvalue weighted by Gasteiger charge is -2.12. The molecule has 0 aliphatic carbocycles. The molecule has 0 amide bonds. The van der Waals surface area contributed by atoms with Crippen molar-refractivity contribution in [3.8, 4) is 0 Å². The molecular formula is C13H20N4O2S. The summed E-state index contributed by atoms with van der Waals surface area (Å²) in [5.41, 5.74) is 2.71. The first-order valence-electron chi connectivity index (χ1n) is 6.45. The number of imidazole rings is 1. The number of nitrogens with zero attached hydrogens (tertiary/aromatic N) is 2. The molecule has 2 aromatic rings. The largest absolute Gasteiger partial charge is 0.342 e. The van der Waals surface area contributed by atoms with Crippen LogP contribution in [0.3, 0.4) is 0 Å². The van der Waals surface area contributed by atoms with Crippen molar-refractivity contribution in [2.75, 3.05) is 14.1 Å². The number of H-pyrrole nitrogens is 1. The standard InChI is InChI=1S/C13H20N4O2S/c1-9(2)13-15-11-6-5-10(7-12(11)16-13)8-14-20(18,19)17(3)4/h5-7,9,14H,8H2,1-4H3,(H,15,16). The molecular weight excluding hydrogens is 276 g/mol. The molecule has 0 aliphatic rings. The smallest absolute Gasteiger partial charge is 0.279 e. The van der Waals surface area contributed by atoms with Crippen LogP contribution in [0.15, 0.2) is 18.2 Å². The molecule has 0 fully saturated rings. The zero-order valence-electron chi connectivity index (χ0n) is 12.1. The number of nitrogens with one attached hydrogen (secondary N) is 2. The maximum Gasteiger partial charge on any atom is 0.279 e. The highest BCUT2D eigenvalue weighted by molar-refractivity contribution is 7.87. The second kappa shape index (κ2) is 5.51. The molecule has 0 aliphatic heterocycles. The second-order valence-electron chi connectivity index (χ2n) is 5.24. The van der Waals surface area contributed by atoms with Crippen molar-refractivity contribution in [3.63, 3.8) is 0 Å². The zero-order chi connectivity index (χ0) is 14.9. The molecule has 1 aromatic heterocycles. The van der Waals surface area contributed by atoms with Crippen LogP contribution in [-0.4, -0.2) is 36.8 Å². The third-order valence-electron chi connectivity index (χ3n) is 3.05. The molecule has 2 N–H and O–H groups in total. The Bertz CT molecular complexity index is 704. The van der Waals surface area contributed by atoms with Crippen LogP contribution < -0.4 is 4.72 Å². The minimum Gasteiger partial charge on any atom is -0.342 e. The molecule has 0 radical (unpaired) electrons. The van der Waals surface area contributed by atoms with Crippen molar-refractivity contribution in [2.45, 2.75) is 26.3 Å². The maximum absolute atomic E-state index is 11.7. The van der Waals surface area contributed by atoms with Gasteiger partial charge in [0, 0.05) is 26.6 Å². The van der Waals surface area contributed by atoms with Gasteiger partial charge in [-0.05, 0) is 17.7 Å². The average molecular weight is 296 g/mol. The van der Waals surface area contributed by atoms with Gasteiger partial charge in [0.25, 0.3) is 10.2 Å². The van der Waals surface area contributed by atoms with Gasteiger partial charge in [0.05, 0.1) is 11.0 Å². The number of aromatic nitrogens is 2. The number of benzene rings is 1. The van der Waals surface area contributed by atoms with Gasteiger partial charge in [0.1, 0.15) is 5.82 Å². The number of rotatable bonds is 5. The monoisotopic (exact) mass is 296 g/mol. The Morgan fingerprint density at radius 3 is 2.65 bits per heavy atom. The van der Waals surface area contributed by atoms with Gasteiger partial charge in [-0.3, -0.25) is 0 Å². The lowest BCUT2D eigenvalue weighted by molar-refractivity contribution is 0.505. The van der Waals surface area contributed by atoms with Crippen LogP contribution in [0.4, 0.5) is 0 Å². The Balaban J connectivity index is 2.20. The molecule has 6 nitrogen and oxygen atoms in total. The molecule has 7 heteroatoms. The second-order valence-corrected chi connectivity index (χ2v) is 7.21. The fourth-order valence-electron chi connectivity index (χ4n) is 1.76. The van der Waals surface area contributed by atoms with Gasteiger partial charge in [-0.15, -0.1) is 0 Å². The van der Waals surface area contributed by atoms with Gasteiger partial charge in [-0.25, -0.2) is 4.98 Å². The first-order valence-corrected chi connectivity index (χ1v) is 7.89. The normalized spacial score (nSPS) is 12.7. The number of aromatic amines is 1. The third-order valence-corrected chi connectivity index (χ3v) is 4.52. The van der Waals surface area contributed by atoms with Crippen LogP contribution >= 0.6 is 0 Å². The zero-order valence-corrected chi connectivity index (χ0v) is 13.0. The minimum atomic E-state index is -3.40. The highest BCUT2D eigenvalue weighted by Gasteiger charge is 2.13. The Morgan fingerprint density at radius 1 is 1.35 bits per heavy atom. The summed E-state index contributed by atoms with van der Waals surface area (Å²) in [6, 6.07) is 5.70. The Hall–Kier alpha value is -1.44. The van der Waals surface area contributed by atoms with E-state index in [-0.39, 0.29) is 6.54 Å². The van der Waals surface area contributed by atoms with Crippen molar-refractivity contribution in [2.24, 2.45) is 0 Å². The van der Waals surface area contributed by atoms with E-state index in [1.54, 1.807) is 0 Å². The van der Waals surface area contributed by atoms with Crippen LogP contribution in [0.5, 0.6) is 0 Å². The highest BCUT2D eigenvalue weighted by atomic mass is 32.2. The first kappa shape index (κ1) is 15.0. The van der Waals surface area contributed by atoms with Crippen LogP contribution in [0.25, 0.3) is 11.0 Å².